The minimum atomic E-state index is -1.86. The molecule has 0 saturated heterocycles. The minimum Gasteiger partial charge on any atom is -0.550 e. The molecule has 0 fully saturated rings. The minimum absolute atomic E-state index is 0.0187. The van der Waals surface area contributed by atoms with Crippen LogP contribution in [0.5, 0.6) is 0 Å². The number of rotatable bonds is 18. The number of hydrogen-bond acceptors (Lipinski definition) is 18. The number of ketones is 2. The quantitative estimate of drug-likeness (QED) is 0.136. The van der Waals surface area contributed by atoms with E-state index in [0.717, 1.165) is 0 Å². The van der Waals surface area contributed by atoms with Crippen LogP contribution in [-0.4, -0.2) is 71.4 Å². The molecule has 0 aromatic heterocycles. The molecule has 0 radical (unpaired) electrons. The molecule has 2 unspecified atom stereocenters. The molecule has 0 aliphatic heterocycles. The number of carbonyl (C=O) groups excluding carboxylic acids is 10. The standard InChI is InChI=1S/C6H11NO4.C6H8O5.C5H9NO4.C5H6O5/c2*7-4(6(10)11)2-1-3-5(8)9;2*6-3(5(9)10)1-2-4(7)8/h4H,1-3,7H2,(H,8,9)(H,10,11);1-3H2,(H,8,9)(H,10,11);3H,1-2,6H2,(H,7,8)(H,9,10);1-2H2,(H,7,8)(H,9,10)/p-6. The Labute approximate surface area is 236 Å². The van der Waals surface area contributed by atoms with E-state index < -0.39 is 84.2 Å². The van der Waals surface area contributed by atoms with Gasteiger partial charge in [-0.25, -0.2) is 0 Å². The van der Waals surface area contributed by atoms with Crippen LogP contribution in [0, 0.1) is 0 Å². The number of carbonyl (C=O) groups is 10. The Morgan fingerprint density at radius 3 is 1.07 bits per heavy atom. The third-order valence-electron chi connectivity index (χ3n) is 4.09. The van der Waals surface area contributed by atoms with Gasteiger partial charge in [-0.15, -0.1) is 0 Å². The first kappa shape index (κ1) is 44.1. The number of quaternary nitrogens is 2. The predicted octanol–water partition coefficient (Wildman–Crippen LogP) is -13.8. The van der Waals surface area contributed by atoms with Gasteiger partial charge in [-0.2, -0.15) is 0 Å². The molecule has 2 atom stereocenters. The van der Waals surface area contributed by atoms with E-state index in [1.165, 1.54) is 0 Å². The number of hydrogen-bond donors (Lipinski definition) is 2. The fourth-order valence-corrected chi connectivity index (χ4v) is 1.83. The summed E-state index contributed by atoms with van der Waals surface area (Å²) >= 11 is 0. The van der Waals surface area contributed by atoms with Gasteiger partial charge in [-0.05, 0) is 38.5 Å². The van der Waals surface area contributed by atoms with E-state index in [1.807, 2.05) is 0 Å². The summed E-state index contributed by atoms with van der Waals surface area (Å²) in [4.78, 5) is 98.7. The van der Waals surface area contributed by atoms with Gasteiger partial charge in [0.05, 0.1) is 11.9 Å². The average Bonchev–Trinajstić information content (AvgIpc) is 2.85. The molecule has 0 aromatic carbocycles. The molecule has 0 aliphatic carbocycles. The largest absolute Gasteiger partial charge is 0.550 e. The van der Waals surface area contributed by atoms with E-state index in [9.17, 15) is 88.8 Å². The second-order valence-corrected chi connectivity index (χ2v) is 7.73. The van der Waals surface area contributed by atoms with Crippen LogP contribution < -0.4 is 52.3 Å². The van der Waals surface area contributed by atoms with E-state index >= 15 is 0 Å². The van der Waals surface area contributed by atoms with Gasteiger partial charge in [-0.3, -0.25) is 9.59 Å². The lowest BCUT2D eigenvalue weighted by Gasteiger charge is -2.08. The fraction of sp³-hybridized carbons (Fsp3) is 0.545. The van der Waals surface area contributed by atoms with E-state index in [0.29, 0.717) is 0 Å². The maximum Gasteiger partial charge on any atom is 0.178 e. The second kappa shape index (κ2) is 26.3. The molecule has 6 N–H and O–H groups in total. The molecule has 240 valence electrons. The van der Waals surface area contributed by atoms with Gasteiger partial charge in [0.25, 0.3) is 0 Å². The number of carboxylic acids is 8. The van der Waals surface area contributed by atoms with Gasteiger partial charge in [0, 0.05) is 49.6 Å². The Morgan fingerprint density at radius 2 is 0.738 bits per heavy atom. The molecule has 0 rings (SSSR count). The zero-order chi connectivity index (χ0) is 34.0. The molecule has 0 spiro atoms. The summed E-state index contributed by atoms with van der Waals surface area (Å²) < 4.78 is 0. The van der Waals surface area contributed by atoms with Gasteiger partial charge in [0.1, 0.15) is 24.0 Å². The van der Waals surface area contributed by atoms with Crippen molar-refractivity contribution in [1.82, 2.24) is 0 Å². The Balaban J connectivity index is -0.000000229. The highest BCUT2D eigenvalue weighted by atomic mass is 16.4. The van der Waals surface area contributed by atoms with Crippen LogP contribution in [-0.2, 0) is 47.9 Å². The van der Waals surface area contributed by atoms with Gasteiger partial charge in [0.15, 0.2) is 11.6 Å². The van der Waals surface area contributed by atoms with E-state index in [2.05, 4.69) is 11.5 Å². The van der Waals surface area contributed by atoms with Crippen LogP contribution in [0.15, 0.2) is 0 Å². The van der Waals surface area contributed by atoms with Crippen molar-refractivity contribution in [2.24, 2.45) is 0 Å². The lowest BCUT2D eigenvalue weighted by Crippen LogP contribution is -2.68. The van der Waals surface area contributed by atoms with E-state index in [4.69, 9.17) is 0 Å². The van der Waals surface area contributed by atoms with Crippen molar-refractivity contribution < 1.29 is 100 Å². The SMILES string of the molecule is O=C([O-])CCC(=O)C(=O)[O-].O=C([O-])CCCC(=O)C(=O)[O-].[NH3+]C(CCC(=O)[O-])C(=O)[O-].[NH3+]C(CCCC(=O)[O-])C(=O)[O-]. The van der Waals surface area contributed by atoms with Crippen LogP contribution in [0.2, 0.25) is 0 Å². The molecule has 0 heterocycles. The number of aliphatic carboxylic acids is 8. The molecule has 20 heteroatoms. The lowest BCUT2D eigenvalue weighted by molar-refractivity contribution is -0.438. The van der Waals surface area contributed by atoms with Crippen LogP contribution >= 0.6 is 0 Å². The normalized spacial score (nSPS) is 10.7. The van der Waals surface area contributed by atoms with Crippen molar-refractivity contribution in [3.63, 3.8) is 0 Å². The van der Waals surface area contributed by atoms with Crippen LogP contribution in [0.3, 0.4) is 0 Å². The Kier molecular flexibility index (Phi) is 27.5. The molecule has 0 aliphatic rings. The summed E-state index contributed by atoms with van der Waals surface area (Å²) in [7, 11) is 0. The van der Waals surface area contributed by atoms with Crippen molar-refractivity contribution in [1.29, 1.82) is 0 Å². The Bertz CT molecular complexity index is 961. The molecule has 20 nitrogen and oxygen atoms in total. The van der Waals surface area contributed by atoms with Crippen molar-refractivity contribution in [2.45, 2.75) is 76.3 Å². The summed E-state index contributed by atoms with van der Waals surface area (Å²) in [6.45, 7) is 0. The highest BCUT2D eigenvalue weighted by molar-refractivity contribution is 6.32. The smallest absolute Gasteiger partial charge is 0.178 e. The molecule has 0 saturated carbocycles. The first-order valence-electron chi connectivity index (χ1n) is 11.5. The molecular formula is C22H28N2O18-6. The van der Waals surface area contributed by atoms with Gasteiger partial charge >= 0.3 is 0 Å². The van der Waals surface area contributed by atoms with Crippen LogP contribution in [0.25, 0.3) is 0 Å². The summed E-state index contributed by atoms with van der Waals surface area (Å²) in [5.74, 6) is -13.7. The zero-order valence-electron chi connectivity index (χ0n) is 22.0. The van der Waals surface area contributed by atoms with Gasteiger partial charge in [-0.1, -0.05) is 0 Å². The van der Waals surface area contributed by atoms with Crippen molar-refractivity contribution >= 4 is 59.3 Å². The summed E-state index contributed by atoms with van der Waals surface area (Å²) in [5, 5.41) is 78.4. The molecule has 0 bridgehead atoms. The fourth-order valence-electron chi connectivity index (χ4n) is 1.83. The second-order valence-electron chi connectivity index (χ2n) is 7.73. The highest BCUT2D eigenvalue weighted by Gasteiger charge is 2.06. The maximum absolute atomic E-state index is 10.2. The summed E-state index contributed by atoms with van der Waals surface area (Å²) in [6.07, 6.45) is -1.74. The first-order chi connectivity index (χ1) is 19.1. The van der Waals surface area contributed by atoms with Gasteiger partial charge in [0.2, 0.25) is 0 Å². The third kappa shape index (κ3) is 37.2. The predicted molar refractivity (Wildman–Crippen MR) is 110 cm³/mol. The topological polar surface area (TPSA) is 410 Å². The number of Topliss-reactive ketones (excluding diaryl/α,β-unsaturated/α-hetero) is 2. The van der Waals surface area contributed by atoms with E-state index in [1.54, 1.807) is 0 Å². The summed E-state index contributed by atoms with van der Waals surface area (Å²) in [5.41, 5.74) is 6.42. The monoisotopic (exact) mass is 608 g/mol. The maximum atomic E-state index is 10.2. The molecular weight excluding hydrogens is 580 g/mol. The van der Waals surface area contributed by atoms with Crippen LogP contribution in [0.1, 0.15) is 64.2 Å². The summed E-state index contributed by atoms with van der Waals surface area (Å²) in [6, 6.07) is -1.78. The molecule has 0 amide bonds. The van der Waals surface area contributed by atoms with Crippen molar-refractivity contribution in [3.05, 3.63) is 0 Å². The Morgan fingerprint density at radius 1 is 0.405 bits per heavy atom. The van der Waals surface area contributed by atoms with Crippen LogP contribution in [0.4, 0.5) is 0 Å². The first-order valence-corrected chi connectivity index (χ1v) is 11.5. The lowest BCUT2D eigenvalue weighted by atomic mass is 10.1. The van der Waals surface area contributed by atoms with Crippen molar-refractivity contribution in [2.75, 3.05) is 0 Å². The molecule has 0 aromatic rings. The average molecular weight is 608 g/mol. The number of carboxylic acid groups (broad SMARTS) is 8. The van der Waals surface area contributed by atoms with Gasteiger partial charge < -0.3 is 90.7 Å². The van der Waals surface area contributed by atoms with Crippen molar-refractivity contribution in [3.8, 4) is 0 Å². The molecule has 42 heavy (non-hydrogen) atoms. The Hall–Kier alpha value is -4.98. The third-order valence-corrected chi connectivity index (χ3v) is 4.09. The van der Waals surface area contributed by atoms with E-state index in [-0.39, 0.29) is 51.4 Å². The zero-order valence-corrected chi connectivity index (χ0v) is 22.0. The highest BCUT2D eigenvalue weighted by Crippen LogP contribution is 1.96.